The van der Waals surface area contributed by atoms with Crippen molar-refractivity contribution < 1.29 is 21.6 Å². The third-order valence-electron chi connectivity index (χ3n) is 3.75. The van der Waals surface area contributed by atoms with Crippen molar-refractivity contribution >= 4 is 43.0 Å². The number of rotatable bonds is 6. The maximum Gasteiger partial charge on any atom is 0.255 e. The van der Waals surface area contributed by atoms with Crippen LogP contribution in [0.2, 0.25) is 0 Å². The number of nitrogens with one attached hydrogen (secondary N) is 2. The summed E-state index contributed by atoms with van der Waals surface area (Å²) < 4.78 is 49.4. The standard InChI is InChI=1S/C17H21N3O5S2/c1-12-10-13(8-9-16(12)19-26(3,22)23)17(21)18-14-6-5-7-15(11-14)20(2)27(4,24)25/h5-11,19H,1-4H3,(H,18,21). The van der Waals surface area contributed by atoms with Gasteiger partial charge in [0, 0.05) is 18.3 Å². The summed E-state index contributed by atoms with van der Waals surface area (Å²) in [6.07, 6.45) is 2.14. The van der Waals surface area contributed by atoms with E-state index in [4.69, 9.17) is 0 Å². The molecule has 2 aromatic rings. The first-order valence-corrected chi connectivity index (χ1v) is 11.5. The highest BCUT2D eigenvalue weighted by Crippen LogP contribution is 2.22. The maximum atomic E-state index is 12.5. The van der Waals surface area contributed by atoms with E-state index in [1.165, 1.54) is 19.2 Å². The van der Waals surface area contributed by atoms with Crippen LogP contribution in [0.25, 0.3) is 0 Å². The van der Waals surface area contributed by atoms with Gasteiger partial charge in [-0.05, 0) is 48.9 Å². The van der Waals surface area contributed by atoms with Crippen molar-refractivity contribution in [3.8, 4) is 0 Å². The molecule has 0 heterocycles. The van der Waals surface area contributed by atoms with Gasteiger partial charge in [0.15, 0.2) is 0 Å². The van der Waals surface area contributed by atoms with Crippen molar-refractivity contribution in [2.75, 3.05) is 33.9 Å². The molecular formula is C17H21N3O5S2. The quantitative estimate of drug-likeness (QED) is 0.755. The normalized spacial score (nSPS) is 11.7. The van der Waals surface area contributed by atoms with Gasteiger partial charge in [-0.25, -0.2) is 16.8 Å². The van der Waals surface area contributed by atoms with E-state index in [1.807, 2.05) is 0 Å². The molecule has 0 atom stereocenters. The minimum absolute atomic E-state index is 0.341. The summed E-state index contributed by atoms with van der Waals surface area (Å²) in [5.74, 6) is -0.400. The second kappa shape index (κ2) is 7.57. The Labute approximate surface area is 159 Å². The Balaban J connectivity index is 2.22. The number of carbonyl (C=O) groups excluding carboxylic acids is 1. The third-order valence-corrected chi connectivity index (χ3v) is 5.55. The van der Waals surface area contributed by atoms with Crippen LogP contribution in [0.4, 0.5) is 17.1 Å². The Kier molecular flexibility index (Phi) is 5.81. The predicted octanol–water partition coefficient (Wildman–Crippen LogP) is 2.01. The number of aryl methyl sites for hydroxylation is 1. The SMILES string of the molecule is Cc1cc(C(=O)Nc2cccc(N(C)S(C)(=O)=O)c2)ccc1NS(C)(=O)=O. The van der Waals surface area contributed by atoms with E-state index in [1.54, 1.807) is 37.3 Å². The van der Waals surface area contributed by atoms with Crippen molar-refractivity contribution in [3.63, 3.8) is 0 Å². The van der Waals surface area contributed by atoms with Crippen molar-refractivity contribution in [2.45, 2.75) is 6.92 Å². The van der Waals surface area contributed by atoms with E-state index in [2.05, 4.69) is 10.0 Å². The highest BCUT2D eigenvalue weighted by Gasteiger charge is 2.14. The molecule has 10 heteroatoms. The van der Waals surface area contributed by atoms with Crippen LogP contribution in [-0.2, 0) is 20.0 Å². The van der Waals surface area contributed by atoms with Gasteiger partial charge in [0.25, 0.3) is 5.91 Å². The second-order valence-electron chi connectivity index (χ2n) is 6.14. The number of nitrogens with zero attached hydrogens (tertiary/aromatic N) is 1. The van der Waals surface area contributed by atoms with Crippen LogP contribution in [0, 0.1) is 6.92 Å². The zero-order chi connectivity index (χ0) is 20.4. The highest BCUT2D eigenvalue weighted by molar-refractivity contribution is 7.92. The molecule has 0 aliphatic carbocycles. The number of amides is 1. The number of hydrogen-bond acceptors (Lipinski definition) is 5. The van der Waals surface area contributed by atoms with Gasteiger partial charge in [-0.2, -0.15) is 0 Å². The third kappa shape index (κ3) is 5.69. The molecule has 0 aromatic heterocycles. The first-order chi connectivity index (χ1) is 12.4. The first-order valence-electron chi connectivity index (χ1n) is 7.80. The zero-order valence-corrected chi connectivity index (χ0v) is 17.0. The smallest absolute Gasteiger partial charge is 0.255 e. The fourth-order valence-corrected chi connectivity index (χ4v) is 3.42. The number of carbonyl (C=O) groups is 1. The van der Waals surface area contributed by atoms with Crippen molar-refractivity contribution in [3.05, 3.63) is 53.6 Å². The van der Waals surface area contributed by atoms with Crippen LogP contribution < -0.4 is 14.3 Å². The van der Waals surface area contributed by atoms with Gasteiger partial charge in [0.2, 0.25) is 20.0 Å². The molecule has 0 fully saturated rings. The number of anilines is 3. The Morgan fingerprint density at radius 2 is 1.67 bits per heavy atom. The van der Waals surface area contributed by atoms with Crippen LogP contribution in [0.15, 0.2) is 42.5 Å². The summed E-state index contributed by atoms with van der Waals surface area (Å²) in [4.78, 5) is 12.5. The molecule has 0 spiro atoms. The summed E-state index contributed by atoms with van der Waals surface area (Å²) >= 11 is 0. The van der Waals surface area contributed by atoms with Crippen molar-refractivity contribution in [2.24, 2.45) is 0 Å². The Bertz CT molecular complexity index is 1080. The molecular weight excluding hydrogens is 390 g/mol. The molecule has 0 radical (unpaired) electrons. The average Bonchev–Trinajstić information content (AvgIpc) is 2.54. The maximum absolute atomic E-state index is 12.5. The summed E-state index contributed by atoms with van der Waals surface area (Å²) in [7, 11) is -5.40. The van der Waals surface area contributed by atoms with E-state index in [-0.39, 0.29) is 0 Å². The van der Waals surface area contributed by atoms with Crippen molar-refractivity contribution in [1.82, 2.24) is 0 Å². The van der Waals surface area contributed by atoms with E-state index in [9.17, 15) is 21.6 Å². The summed E-state index contributed by atoms with van der Waals surface area (Å²) in [5.41, 5.74) is 2.18. The molecule has 0 unspecified atom stereocenters. The van der Waals surface area contributed by atoms with E-state index in [0.29, 0.717) is 28.2 Å². The minimum Gasteiger partial charge on any atom is -0.322 e. The molecule has 1 amide bonds. The van der Waals surface area contributed by atoms with Gasteiger partial charge >= 0.3 is 0 Å². The van der Waals surface area contributed by atoms with Gasteiger partial charge in [0.05, 0.1) is 23.9 Å². The largest absolute Gasteiger partial charge is 0.322 e. The molecule has 2 aromatic carbocycles. The molecule has 0 saturated heterocycles. The van der Waals surface area contributed by atoms with Gasteiger partial charge in [0.1, 0.15) is 0 Å². The van der Waals surface area contributed by atoms with Crippen LogP contribution in [0.1, 0.15) is 15.9 Å². The highest BCUT2D eigenvalue weighted by atomic mass is 32.2. The minimum atomic E-state index is -3.41. The lowest BCUT2D eigenvalue weighted by molar-refractivity contribution is 0.102. The van der Waals surface area contributed by atoms with Gasteiger partial charge in [-0.15, -0.1) is 0 Å². The van der Waals surface area contributed by atoms with Gasteiger partial charge < -0.3 is 5.32 Å². The number of sulfonamides is 2. The molecule has 146 valence electrons. The van der Waals surface area contributed by atoms with Crippen LogP contribution >= 0.6 is 0 Å². The summed E-state index contributed by atoms with van der Waals surface area (Å²) in [6, 6.07) is 11.0. The molecule has 0 saturated carbocycles. The van der Waals surface area contributed by atoms with E-state index < -0.39 is 26.0 Å². The van der Waals surface area contributed by atoms with Crippen LogP contribution in [-0.4, -0.2) is 42.3 Å². The van der Waals surface area contributed by atoms with Crippen LogP contribution in [0.3, 0.4) is 0 Å². The monoisotopic (exact) mass is 411 g/mol. The average molecular weight is 412 g/mol. The lowest BCUT2D eigenvalue weighted by Crippen LogP contribution is -2.24. The number of benzene rings is 2. The van der Waals surface area contributed by atoms with Gasteiger partial charge in [-0.3, -0.25) is 13.8 Å². The lowest BCUT2D eigenvalue weighted by Gasteiger charge is -2.17. The fourth-order valence-electron chi connectivity index (χ4n) is 2.29. The Morgan fingerprint density at radius 1 is 1.00 bits per heavy atom. The number of hydrogen-bond donors (Lipinski definition) is 2. The molecule has 2 N–H and O–H groups in total. The Morgan fingerprint density at radius 3 is 2.22 bits per heavy atom. The first kappa shape index (κ1) is 20.7. The molecule has 0 aliphatic rings. The second-order valence-corrected chi connectivity index (χ2v) is 9.90. The molecule has 27 heavy (non-hydrogen) atoms. The molecule has 2 rings (SSSR count). The molecule has 0 aliphatic heterocycles. The lowest BCUT2D eigenvalue weighted by atomic mass is 10.1. The summed E-state index contributed by atoms with van der Waals surface area (Å²) in [6.45, 7) is 1.69. The van der Waals surface area contributed by atoms with Crippen LogP contribution in [0.5, 0.6) is 0 Å². The molecule has 0 bridgehead atoms. The van der Waals surface area contributed by atoms with Crippen molar-refractivity contribution in [1.29, 1.82) is 0 Å². The summed E-state index contributed by atoms with van der Waals surface area (Å²) in [5, 5.41) is 2.70. The van der Waals surface area contributed by atoms with Gasteiger partial charge in [-0.1, -0.05) is 6.07 Å². The Hall–Kier alpha value is -2.59. The van der Waals surface area contributed by atoms with E-state index in [0.717, 1.165) is 16.8 Å². The molecule has 8 nitrogen and oxygen atoms in total. The topological polar surface area (TPSA) is 113 Å². The van der Waals surface area contributed by atoms with E-state index >= 15 is 0 Å². The zero-order valence-electron chi connectivity index (χ0n) is 15.3. The fraction of sp³-hybridized carbons (Fsp3) is 0.235. The predicted molar refractivity (Wildman–Crippen MR) is 107 cm³/mol.